The molecule has 4 aromatic carbocycles. The molecule has 0 aliphatic carbocycles. The summed E-state index contributed by atoms with van der Waals surface area (Å²) in [5, 5.41) is 13.8. The van der Waals surface area contributed by atoms with Crippen LogP contribution in [0.15, 0.2) is 109 Å². The number of phenolic OH excluding ortho intramolecular Hbond substituents is 1. The van der Waals surface area contributed by atoms with E-state index in [2.05, 4.69) is 78.6 Å². The Kier molecular flexibility index (Phi) is 5.53. The average molecular weight is 378 g/mol. The molecule has 0 unspecified atom stereocenters. The van der Waals surface area contributed by atoms with Gasteiger partial charge in [-0.2, -0.15) is 0 Å². The van der Waals surface area contributed by atoms with Crippen molar-refractivity contribution in [3.05, 3.63) is 120 Å². The number of phenols is 1. The number of para-hydroxylation sites is 1. The standard InChI is InChI=1S/C26H19OP/c27-25-17-9-7-11-21(25)19-20-22-12-8-10-18-26(22)28(23-13-3-1-4-14-23)24-15-5-2-6-16-24/h1-18,27H. The van der Waals surface area contributed by atoms with Gasteiger partial charge in [0.25, 0.3) is 0 Å². The third-order valence-electron chi connectivity index (χ3n) is 4.41. The zero-order chi connectivity index (χ0) is 19.2. The van der Waals surface area contributed by atoms with E-state index in [1.807, 2.05) is 30.3 Å². The summed E-state index contributed by atoms with van der Waals surface area (Å²) in [5.74, 6) is 6.64. The maximum absolute atomic E-state index is 10.0. The molecule has 0 saturated heterocycles. The lowest BCUT2D eigenvalue weighted by atomic mass is 10.1. The number of hydrogen-bond acceptors (Lipinski definition) is 1. The van der Waals surface area contributed by atoms with E-state index >= 15 is 0 Å². The zero-order valence-corrected chi connectivity index (χ0v) is 16.2. The van der Waals surface area contributed by atoms with Crippen molar-refractivity contribution in [3.8, 4) is 17.6 Å². The summed E-state index contributed by atoms with van der Waals surface area (Å²) in [5.41, 5.74) is 1.63. The molecule has 0 amide bonds. The van der Waals surface area contributed by atoms with Crippen molar-refractivity contribution in [2.24, 2.45) is 0 Å². The van der Waals surface area contributed by atoms with Gasteiger partial charge in [0.05, 0.1) is 5.56 Å². The van der Waals surface area contributed by atoms with E-state index in [4.69, 9.17) is 0 Å². The van der Waals surface area contributed by atoms with Crippen LogP contribution in [0.4, 0.5) is 0 Å². The monoisotopic (exact) mass is 378 g/mol. The summed E-state index contributed by atoms with van der Waals surface area (Å²) in [6.07, 6.45) is 0. The van der Waals surface area contributed by atoms with E-state index < -0.39 is 7.92 Å². The van der Waals surface area contributed by atoms with Gasteiger partial charge < -0.3 is 5.11 Å². The molecule has 0 atom stereocenters. The molecular weight excluding hydrogens is 359 g/mol. The first-order valence-electron chi connectivity index (χ1n) is 9.12. The van der Waals surface area contributed by atoms with Crippen molar-refractivity contribution in [1.29, 1.82) is 0 Å². The highest BCUT2D eigenvalue weighted by Gasteiger charge is 2.18. The van der Waals surface area contributed by atoms with Gasteiger partial charge in [-0.3, -0.25) is 0 Å². The third kappa shape index (κ3) is 3.99. The first-order valence-corrected chi connectivity index (χ1v) is 10.5. The van der Waals surface area contributed by atoms with Gasteiger partial charge >= 0.3 is 0 Å². The van der Waals surface area contributed by atoms with E-state index in [-0.39, 0.29) is 5.75 Å². The Balaban J connectivity index is 1.84. The van der Waals surface area contributed by atoms with E-state index in [1.165, 1.54) is 15.9 Å². The van der Waals surface area contributed by atoms with Gasteiger partial charge in [0, 0.05) is 10.9 Å². The van der Waals surface area contributed by atoms with Gasteiger partial charge in [0.15, 0.2) is 0 Å². The topological polar surface area (TPSA) is 20.2 Å². The Morgan fingerprint density at radius 3 is 1.57 bits per heavy atom. The lowest BCUT2D eigenvalue weighted by Gasteiger charge is -2.20. The van der Waals surface area contributed by atoms with Gasteiger partial charge in [-0.05, 0) is 36.7 Å². The van der Waals surface area contributed by atoms with Gasteiger partial charge in [0.2, 0.25) is 0 Å². The Bertz CT molecular complexity index is 1090. The minimum Gasteiger partial charge on any atom is -0.507 e. The summed E-state index contributed by atoms with van der Waals surface area (Å²) in [6.45, 7) is 0. The second-order valence-corrected chi connectivity index (χ2v) is 8.48. The Labute approximate surface area is 167 Å². The lowest BCUT2D eigenvalue weighted by molar-refractivity contribution is 0.473. The number of aromatic hydroxyl groups is 1. The summed E-state index contributed by atoms with van der Waals surface area (Å²) >= 11 is 0. The summed E-state index contributed by atoms with van der Waals surface area (Å²) in [6, 6.07) is 36.7. The van der Waals surface area contributed by atoms with Crippen LogP contribution in [-0.2, 0) is 0 Å². The first-order chi connectivity index (χ1) is 13.8. The maximum Gasteiger partial charge on any atom is 0.131 e. The molecule has 0 bridgehead atoms. The Morgan fingerprint density at radius 1 is 0.500 bits per heavy atom. The van der Waals surface area contributed by atoms with Crippen LogP contribution in [0.2, 0.25) is 0 Å². The van der Waals surface area contributed by atoms with Crippen molar-refractivity contribution in [1.82, 2.24) is 0 Å². The van der Waals surface area contributed by atoms with Gasteiger partial charge in [-0.25, -0.2) is 0 Å². The second-order valence-electron chi connectivity index (χ2n) is 6.29. The minimum atomic E-state index is -0.720. The second kappa shape index (κ2) is 8.57. The SMILES string of the molecule is Oc1ccccc1C#Cc1ccccc1P(c1ccccc1)c1ccccc1. The number of hydrogen-bond donors (Lipinski definition) is 1. The highest BCUT2D eigenvalue weighted by Crippen LogP contribution is 2.33. The molecule has 4 rings (SSSR count). The molecule has 0 heterocycles. The zero-order valence-electron chi connectivity index (χ0n) is 15.3. The Morgan fingerprint density at radius 2 is 0.964 bits per heavy atom. The molecule has 0 radical (unpaired) electrons. The largest absolute Gasteiger partial charge is 0.507 e. The molecule has 2 heteroatoms. The Hall–Kier alpha value is -3.33. The summed E-state index contributed by atoms with van der Waals surface area (Å²) < 4.78 is 0. The quantitative estimate of drug-likeness (QED) is 0.410. The van der Waals surface area contributed by atoms with E-state index in [0.29, 0.717) is 5.56 Å². The molecule has 1 nitrogen and oxygen atoms in total. The molecule has 0 spiro atoms. The van der Waals surface area contributed by atoms with Crippen LogP contribution >= 0.6 is 7.92 Å². The molecule has 0 aliphatic heterocycles. The predicted octanol–water partition coefficient (Wildman–Crippen LogP) is 4.55. The lowest BCUT2D eigenvalue weighted by Crippen LogP contribution is -2.22. The minimum absolute atomic E-state index is 0.209. The molecular formula is C26H19OP. The molecule has 0 fully saturated rings. The predicted molar refractivity (Wildman–Crippen MR) is 119 cm³/mol. The number of benzene rings is 4. The van der Waals surface area contributed by atoms with Crippen LogP contribution in [0, 0.1) is 11.8 Å². The highest BCUT2D eigenvalue weighted by molar-refractivity contribution is 7.79. The smallest absolute Gasteiger partial charge is 0.131 e. The van der Waals surface area contributed by atoms with Crippen LogP contribution in [0.1, 0.15) is 11.1 Å². The third-order valence-corrected chi connectivity index (χ3v) is 6.91. The first kappa shape index (κ1) is 18.1. The van der Waals surface area contributed by atoms with Crippen LogP contribution < -0.4 is 15.9 Å². The van der Waals surface area contributed by atoms with Crippen molar-refractivity contribution in [2.75, 3.05) is 0 Å². The van der Waals surface area contributed by atoms with Crippen LogP contribution in [-0.4, -0.2) is 5.11 Å². The van der Waals surface area contributed by atoms with E-state index in [9.17, 15) is 5.11 Å². The molecule has 0 aliphatic rings. The molecule has 0 aromatic heterocycles. The highest BCUT2D eigenvalue weighted by atomic mass is 31.1. The summed E-state index contributed by atoms with van der Waals surface area (Å²) in [7, 11) is -0.720. The van der Waals surface area contributed by atoms with E-state index in [1.54, 1.807) is 12.1 Å². The molecule has 4 aromatic rings. The fourth-order valence-corrected chi connectivity index (χ4v) is 5.47. The molecule has 0 saturated carbocycles. The fraction of sp³-hybridized carbons (Fsp3) is 0. The summed E-state index contributed by atoms with van der Waals surface area (Å²) in [4.78, 5) is 0. The fourth-order valence-electron chi connectivity index (χ4n) is 3.07. The van der Waals surface area contributed by atoms with Crippen molar-refractivity contribution in [2.45, 2.75) is 0 Å². The van der Waals surface area contributed by atoms with Crippen molar-refractivity contribution >= 4 is 23.8 Å². The molecule has 134 valence electrons. The van der Waals surface area contributed by atoms with Crippen molar-refractivity contribution in [3.63, 3.8) is 0 Å². The molecule has 28 heavy (non-hydrogen) atoms. The number of rotatable bonds is 3. The van der Waals surface area contributed by atoms with Gasteiger partial charge in [-0.15, -0.1) is 0 Å². The van der Waals surface area contributed by atoms with Crippen LogP contribution in [0.5, 0.6) is 5.75 Å². The normalized spacial score (nSPS) is 10.3. The van der Waals surface area contributed by atoms with Crippen LogP contribution in [0.25, 0.3) is 0 Å². The van der Waals surface area contributed by atoms with Crippen molar-refractivity contribution < 1.29 is 5.11 Å². The maximum atomic E-state index is 10.0. The van der Waals surface area contributed by atoms with Gasteiger partial charge in [0.1, 0.15) is 5.75 Å². The van der Waals surface area contributed by atoms with Gasteiger partial charge in [-0.1, -0.05) is 103 Å². The average Bonchev–Trinajstić information content (AvgIpc) is 2.76. The van der Waals surface area contributed by atoms with E-state index in [0.717, 1.165) is 5.56 Å². The van der Waals surface area contributed by atoms with Crippen LogP contribution in [0.3, 0.4) is 0 Å². The molecule has 1 N–H and O–H groups in total.